The van der Waals surface area contributed by atoms with Crippen LogP contribution in [0.15, 0.2) is 150 Å². The molecule has 0 aliphatic rings. The normalized spacial score (nSPS) is 12.9. The fourth-order valence-corrected chi connectivity index (χ4v) is 6.38. The molecule has 6 rings (SSSR count). The molecule has 0 saturated heterocycles. The summed E-state index contributed by atoms with van der Waals surface area (Å²) in [6.07, 6.45) is 0. The van der Waals surface area contributed by atoms with Gasteiger partial charge >= 0.3 is 0 Å². The number of phenols is 1. The molecule has 56 heavy (non-hydrogen) atoms. The van der Waals surface area contributed by atoms with Crippen LogP contribution >= 0.6 is 21.7 Å². The number of nitrogens with zero attached hydrogens (tertiary/aromatic N) is 6. The van der Waals surface area contributed by atoms with Crippen LogP contribution in [0.3, 0.4) is 0 Å². The molecule has 10 N–H and O–H groups in total. The van der Waals surface area contributed by atoms with Gasteiger partial charge in [-0.15, -0.1) is 10.2 Å². The summed E-state index contributed by atoms with van der Waals surface area (Å²) in [6, 6.07) is 27.6. The number of aryl methyl sites for hydroxylation is 1. The van der Waals surface area contributed by atoms with E-state index in [2.05, 4.69) is 36.0 Å². The first-order chi connectivity index (χ1) is 26.6. The Labute approximate surface area is 322 Å². The number of carbonyl (C=O) groups is 1. The lowest BCUT2D eigenvalue weighted by atomic mass is 10.1. The van der Waals surface area contributed by atoms with Gasteiger partial charge in [0.1, 0.15) is 38.9 Å². The summed E-state index contributed by atoms with van der Waals surface area (Å²) >= 11 is 0. The summed E-state index contributed by atoms with van der Waals surface area (Å²) in [6.45, 7) is 1.75. The average Bonchev–Trinajstić information content (AvgIpc) is 3.16. The first-order valence-corrected chi connectivity index (χ1v) is 19.2. The number of nitrogens with two attached hydrogens (primary N) is 1. The first-order valence-electron chi connectivity index (χ1n) is 16.2. The van der Waals surface area contributed by atoms with E-state index in [1.165, 1.54) is 55.6 Å². The standard InChI is InChI=1S/C37H34N8O9S2/c1-21-17-32(33(54-2)20-31(21)43-42-26-9-7-25(8-10-26)40-41-27-11-14-29(15-12-27)55(48,49)50)44-45-35-34(56(51,52)53)19-23-18-28(13-16-30(23)36(35)46)39-37(47)22-3-5-24(38)6-4-22/h3-20,46,48-53H,38H2,1-2H3,(H,39,47). The number of fused-ring (bicyclic) bond motifs is 1. The summed E-state index contributed by atoms with van der Waals surface area (Å²) in [5, 5.41) is 39.6. The Morgan fingerprint density at radius 2 is 1.23 bits per heavy atom. The van der Waals surface area contributed by atoms with Crippen LogP contribution in [-0.4, -0.2) is 45.4 Å². The van der Waals surface area contributed by atoms with Gasteiger partial charge in [-0.1, -0.05) is 0 Å². The molecule has 17 nitrogen and oxygen atoms in total. The summed E-state index contributed by atoms with van der Waals surface area (Å²) in [7, 11) is -6.84. The fourth-order valence-electron chi connectivity index (χ4n) is 5.20. The number of nitrogen functional groups attached to an aromatic ring is 1. The topological polar surface area (TPSA) is 280 Å². The number of hydrogen-bond donors (Lipinski definition) is 9. The summed E-state index contributed by atoms with van der Waals surface area (Å²) in [4.78, 5) is 12.2. The lowest BCUT2D eigenvalue weighted by molar-refractivity contribution is 0.102. The second kappa shape index (κ2) is 16.2. The minimum absolute atomic E-state index is 0.0324. The summed E-state index contributed by atoms with van der Waals surface area (Å²) in [5.74, 6) is -0.702. The molecule has 0 bridgehead atoms. The molecule has 0 saturated carbocycles. The van der Waals surface area contributed by atoms with E-state index in [0.717, 1.165) is 0 Å². The minimum atomic E-state index is -4.43. The first kappa shape index (κ1) is 39.4. The van der Waals surface area contributed by atoms with E-state index in [-0.39, 0.29) is 27.1 Å². The quantitative estimate of drug-likeness (QED) is 0.0441. The Hall–Kier alpha value is -6.29. The maximum absolute atomic E-state index is 12.7. The number of ether oxygens (including phenoxy) is 1. The molecule has 0 unspecified atom stereocenters. The van der Waals surface area contributed by atoms with Crippen molar-refractivity contribution in [2.75, 3.05) is 18.2 Å². The number of amides is 1. The van der Waals surface area contributed by atoms with E-state index in [1.54, 1.807) is 67.6 Å². The summed E-state index contributed by atoms with van der Waals surface area (Å²) < 4.78 is 64.4. The molecule has 0 aliphatic heterocycles. The third-order valence-electron chi connectivity index (χ3n) is 8.09. The highest BCUT2D eigenvalue weighted by Gasteiger charge is 2.26. The Morgan fingerprint density at radius 1 is 0.661 bits per heavy atom. The number of phenolic OH excluding ortho intramolecular Hbond substituents is 1. The Balaban J connectivity index is 1.21. The van der Waals surface area contributed by atoms with Crippen molar-refractivity contribution in [2.45, 2.75) is 16.7 Å². The van der Waals surface area contributed by atoms with Gasteiger partial charge in [0.05, 0.1) is 39.7 Å². The van der Waals surface area contributed by atoms with Crippen LogP contribution in [0.1, 0.15) is 15.9 Å². The van der Waals surface area contributed by atoms with Crippen molar-refractivity contribution in [2.24, 2.45) is 30.7 Å². The third-order valence-corrected chi connectivity index (χ3v) is 9.89. The predicted molar refractivity (Wildman–Crippen MR) is 215 cm³/mol. The predicted octanol–water partition coefficient (Wildman–Crippen LogP) is 12.1. The average molecular weight is 799 g/mol. The maximum atomic E-state index is 12.7. The highest BCUT2D eigenvalue weighted by molar-refractivity contribution is 8.19. The van der Waals surface area contributed by atoms with Gasteiger partial charge in [-0.2, -0.15) is 20.5 Å². The molecule has 288 valence electrons. The van der Waals surface area contributed by atoms with Crippen molar-refractivity contribution in [1.82, 2.24) is 0 Å². The van der Waals surface area contributed by atoms with Gasteiger partial charge in [-0.25, -0.2) is 0 Å². The van der Waals surface area contributed by atoms with Crippen molar-refractivity contribution < 1.29 is 42.0 Å². The van der Waals surface area contributed by atoms with Gasteiger partial charge in [0.25, 0.3) is 5.91 Å². The van der Waals surface area contributed by atoms with Gasteiger partial charge in [0.15, 0.2) is 5.75 Å². The van der Waals surface area contributed by atoms with E-state index in [4.69, 9.17) is 10.5 Å². The van der Waals surface area contributed by atoms with E-state index < -0.39 is 44.0 Å². The van der Waals surface area contributed by atoms with Crippen molar-refractivity contribution in [3.63, 3.8) is 0 Å². The number of nitrogens with one attached hydrogen (secondary N) is 1. The number of rotatable bonds is 11. The minimum Gasteiger partial charge on any atom is -0.505 e. The lowest BCUT2D eigenvalue weighted by Crippen LogP contribution is -2.11. The fraction of sp³-hybridized carbons (Fsp3) is 0.0541. The monoisotopic (exact) mass is 798 g/mol. The number of azo groups is 3. The van der Waals surface area contributed by atoms with Crippen LogP contribution in [0.5, 0.6) is 11.5 Å². The smallest absolute Gasteiger partial charge is 0.255 e. The lowest BCUT2D eigenvalue weighted by Gasteiger charge is -2.22. The zero-order valence-electron chi connectivity index (χ0n) is 29.4. The largest absolute Gasteiger partial charge is 0.505 e. The van der Waals surface area contributed by atoms with Crippen molar-refractivity contribution in [3.8, 4) is 11.5 Å². The van der Waals surface area contributed by atoms with Gasteiger partial charge in [0, 0.05) is 28.4 Å². The van der Waals surface area contributed by atoms with Crippen LogP contribution in [0.25, 0.3) is 10.8 Å². The van der Waals surface area contributed by atoms with Crippen LogP contribution in [-0.2, 0) is 0 Å². The zero-order chi connectivity index (χ0) is 40.2. The van der Waals surface area contributed by atoms with E-state index in [9.17, 15) is 37.2 Å². The van der Waals surface area contributed by atoms with Crippen molar-refractivity contribution in [3.05, 3.63) is 120 Å². The number of anilines is 2. The Kier molecular flexibility index (Phi) is 11.4. The van der Waals surface area contributed by atoms with Crippen molar-refractivity contribution in [1.29, 1.82) is 0 Å². The van der Waals surface area contributed by atoms with E-state index in [0.29, 0.717) is 45.3 Å². The van der Waals surface area contributed by atoms with Crippen LogP contribution < -0.4 is 15.8 Å². The molecule has 0 fully saturated rings. The number of carbonyl (C=O) groups excluding carboxylic acids is 1. The van der Waals surface area contributed by atoms with Gasteiger partial charge in [-0.3, -0.25) is 4.79 Å². The highest BCUT2D eigenvalue weighted by Crippen LogP contribution is 2.54. The number of hydrogen-bond acceptors (Lipinski definition) is 16. The molecule has 6 aromatic rings. The molecule has 0 aliphatic carbocycles. The Morgan fingerprint density at radius 3 is 1.80 bits per heavy atom. The third kappa shape index (κ3) is 9.32. The van der Waals surface area contributed by atoms with Crippen molar-refractivity contribution >= 4 is 83.9 Å². The number of benzene rings is 6. The van der Waals surface area contributed by atoms with Crippen LogP contribution in [0, 0.1) is 6.92 Å². The summed E-state index contributed by atoms with van der Waals surface area (Å²) in [5.41, 5.74) is 9.18. The molecule has 0 spiro atoms. The zero-order valence-corrected chi connectivity index (χ0v) is 31.0. The molecule has 0 atom stereocenters. The molecular weight excluding hydrogens is 765 g/mol. The van der Waals surface area contributed by atoms with E-state index in [1.807, 2.05) is 0 Å². The van der Waals surface area contributed by atoms with Crippen LogP contribution in [0.4, 0.5) is 45.5 Å². The number of methoxy groups -OCH3 is 1. The highest BCUT2D eigenvalue weighted by atomic mass is 32.3. The molecule has 0 heterocycles. The molecule has 0 radical (unpaired) electrons. The van der Waals surface area contributed by atoms with Gasteiger partial charge in [-0.05, 0) is 121 Å². The maximum Gasteiger partial charge on any atom is 0.255 e. The molecule has 6 aromatic carbocycles. The SMILES string of the molecule is COc1cc(N=Nc2ccc(N=Nc3ccc(S(O)(O)O)cc3)cc2)c(C)cc1N=Nc1c(S(O)(O)O)cc2cc(NC(=O)c3ccc(N)cc3)ccc2c1O. The van der Waals surface area contributed by atoms with Crippen LogP contribution in [0.2, 0.25) is 0 Å². The molecule has 19 heteroatoms. The second-order valence-electron chi connectivity index (χ2n) is 12.0. The Bertz CT molecular complexity index is 2500. The molecule has 0 aromatic heterocycles. The molecular formula is C37H34N8O9S2. The number of aromatic hydroxyl groups is 1. The second-order valence-corrected chi connectivity index (χ2v) is 15.0. The van der Waals surface area contributed by atoms with Gasteiger partial charge < -0.3 is 48.2 Å². The molecule has 1 amide bonds. The van der Waals surface area contributed by atoms with Gasteiger partial charge in [0.2, 0.25) is 0 Å². The van der Waals surface area contributed by atoms with E-state index >= 15 is 0 Å².